The first kappa shape index (κ1) is 20.0. The molecule has 1 fully saturated rings. The van der Waals surface area contributed by atoms with E-state index in [-0.39, 0.29) is 0 Å². The van der Waals surface area contributed by atoms with Crippen LogP contribution in [0.4, 0.5) is 0 Å². The average molecular weight is 310 g/mol. The molecule has 0 aromatic carbocycles. The number of hydrogen-bond donors (Lipinski definition) is 0. The maximum atomic E-state index is 2.59. The van der Waals surface area contributed by atoms with Crippen LogP contribution in [-0.4, -0.2) is 24.0 Å². The van der Waals surface area contributed by atoms with E-state index in [4.69, 9.17) is 0 Å². The van der Waals surface area contributed by atoms with E-state index in [0.29, 0.717) is 0 Å². The third-order valence-corrected chi connectivity index (χ3v) is 5.29. The van der Waals surface area contributed by atoms with E-state index in [1.54, 1.807) is 0 Å². The number of hydrogen-bond acceptors (Lipinski definition) is 1. The maximum Gasteiger partial charge on any atom is 0.0195 e. The Bertz CT molecular complexity index is 226. The Morgan fingerprint density at radius 3 is 1.23 bits per heavy atom. The molecule has 1 heterocycles. The Morgan fingerprint density at radius 1 is 0.591 bits per heavy atom. The highest BCUT2D eigenvalue weighted by molar-refractivity contribution is 4.83. The van der Waals surface area contributed by atoms with Gasteiger partial charge in [0.2, 0.25) is 0 Å². The molecule has 1 aliphatic rings. The zero-order valence-corrected chi connectivity index (χ0v) is 15.8. The van der Waals surface area contributed by atoms with Gasteiger partial charge in [0.15, 0.2) is 0 Å². The fourth-order valence-electron chi connectivity index (χ4n) is 3.47. The van der Waals surface area contributed by atoms with Crippen LogP contribution in [0.25, 0.3) is 0 Å². The van der Waals surface area contributed by atoms with Gasteiger partial charge < -0.3 is 0 Å². The first-order valence-electron chi connectivity index (χ1n) is 10.6. The van der Waals surface area contributed by atoms with Crippen LogP contribution in [0.3, 0.4) is 0 Å². The van der Waals surface area contributed by atoms with Crippen LogP contribution in [0.1, 0.15) is 117 Å². The Hall–Kier alpha value is -0.0400. The van der Waals surface area contributed by atoms with Crippen LogP contribution in [0, 0.1) is 0 Å². The summed E-state index contributed by atoms with van der Waals surface area (Å²) < 4.78 is 0. The van der Waals surface area contributed by atoms with Gasteiger partial charge in [0.1, 0.15) is 0 Å². The Labute approximate surface area is 141 Å². The Morgan fingerprint density at radius 2 is 0.909 bits per heavy atom. The van der Waals surface area contributed by atoms with E-state index in [2.05, 4.69) is 18.7 Å². The normalized spacial score (nSPS) is 20.5. The molecular weight excluding hydrogens is 266 g/mol. The van der Waals surface area contributed by atoms with Crippen LogP contribution in [0.5, 0.6) is 0 Å². The van der Waals surface area contributed by atoms with Gasteiger partial charge in [-0.05, 0) is 19.9 Å². The summed E-state index contributed by atoms with van der Waals surface area (Å²) >= 11 is 0. The molecular formula is C21H43N. The van der Waals surface area contributed by atoms with Gasteiger partial charge in [0.25, 0.3) is 0 Å². The van der Waals surface area contributed by atoms with Crippen molar-refractivity contribution in [2.45, 2.75) is 123 Å². The predicted octanol–water partition coefficient (Wildman–Crippen LogP) is 6.95. The minimum Gasteiger partial charge on any atom is -0.298 e. The third-order valence-electron chi connectivity index (χ3n) is 5.29. The third kappa shape index (κ3) is 12.5. The molecule has 0 N–H and O–H groups in total. The quantitative estimate of drug-likeness (QED) is 0.207. The van der Waals surface area contributed by atoms with Crippen LogP contribution >= 0.6 is 0 Å². The van der Waals surface area contributed by atoms with Crippen LogP contribution in [-0.2, 0) is 0 Å². The Balaban J connectivity index is 1.61. The first-order chi connectivity index (χ1) is 10.8. The average Bonchev–Trinajstić information content (AvgIpc) is 3.22. The van der Waals surface area contributed by atoms with Crippen molar-refractivity contribution in [3.8, 4) is 0 Å². The molecule has 2 atom stereocenters. The zero-order chi connectivity index (χ0) is 15.9. The minimum absolute atomic E-state index is 0.899. The van der Waals surface area contributed by atoms with Gasteiger partial charge in [-0.1, -0.05) is 103 Å². The lowest BCUT2D eigenvalue weighted by Crippen LogP contribution is -2.01. The van der Waals surface area contributed by atoms with E-state index in [1.165, 1.54) is 116 Å². The molecule has 1 aliphatic heterocycles. The lowest BCUT2D eigenvalue weighted by Gasteiger charge is -2.04. The molecule has 1 nitrogen and oxygen atoms in total. The van der Waals surface area contributed by atoms with Crippen LogP contribution in [0.2, 0.25) is 0 Å². The SMILES string of the molecule is CCCCCCCCCCCCCCCCCCN1CC1C. The fourth-order valence-corrected chi connectivity index (χ4v) is 3.47. The lowest BCUT2D eigenvalue weighted by atomic mass is 10.0. The summed E-state index contributed by atoms with van der Waals surface area (Å²) in [7, 11) is 0. The molecule has 2 unspecified atom stereocenters. The van der Waals surface area contributed by atoms with E-state index < -0.39 is 0 Å². The molecule has 0 aromatic rings. The van der Waals surface area contributed by atoms with Gasteiger partial charge in [-0.3, -0.25) is 4.90 Å². The van der Waals surface area contributed by atoms with E-state index in [0.717, 1.165) is 6.04 Å². The van der Waals surface area contributed by atoms with Crippen molar-refractivity contribution in [2.75, 3.05) is 13.1 Å². The largest absolute Gasteiger partial charge is 0.298 e. The van der Waals surface area contributed by atoms with Crippen LogP contribution < -0.4 is 0 Å². The summed E-state index contributed by atoms with van der Waals surface area (Å²) in [5, 5.41) is 0. The van der Waals surface area contributed by atoms with Gasteiger partial charge in [0.05, 0.1) is 0 Å². The summed E-state index contributed by atoms with van der Waals surface area (Å²) in [6.07, 6.45) is 23.5. The second kappa shape index (κ2) is 14.5. The summed E-state index contributed by atoms with van der Waals surface area (Å²) in [6.45, 7) is 7.36. The van der Waals surface area contributed by atoms with Gasteiger partial charge in [-0.15, -0.1) is 0 Å². The Kier molecular flexibility index (Phi) is 13.2. The molecule has 1 saturated heterocycles. The molecule has 0 saturated carbocycles. The van der Waals surface area contributed by atoms with Crippen molar-refractivity contribution < 1.29 is 0 Å². The van der Waals surface area contributed by atoms with Crippen LogP contribution in [0.15, 0.2) is 0 Å². The monoisotopic (exact) mass is 309 g/mol. The molecule has 0 aliphatic carbocycles. The topological polar surface area (TPSA) is 3.01 Å². The molecule has 0 amide bonds. The van der Waals surface area contributed by atoms with Crippen molar-refractivity contribution in [1.82, 2.24) is 4.90 Å². The standard InChI is InChI=1S/C21H43N/c1-3-4-5-6-7-8-9-10-11-12-13-14-15-16-17-18-19-22-20-21(22)2/h21H,3-20H2,1-2H3. The summed E-state index contributed by atoms with van der Waals surface area (Å²) in [5.74, 6) is 0. The highest BCUT2D eigenvalue weighted by Crippen LogP contribution is 2.18. The van der Waals surface area contributed by atoms with Gasteiger partial charge in [0, 0.05) is 12.6 Å². The summed E-state index contributed by atoms with van der Waals surface area (Å²) in [6, 6.07) is 0.899. The van der Waals surface area contributed by atoms with Crippen molar-refractivity contribution in [2.24, 2.45) is 0 Å². The molecule has 22 heavy (non-hydrogen) atoms. The second-order valence-electron chi connectivity index (χ2n) is 7.65. The summed E-state index contributed by atoms with van der Waals surface area (Å²) in [4.78, 5) is 2.59. The molecule has 0 aromatic heterocycles. The molecule has 0 radical (unpaired) electrons. The highest BCUT2D eigenvalue weighted by atomic mass is 15.3. The molecule has 1 heteroatoms. The number of nitrogens with zero attached hydrogens (tertiary/aromatic N) is 1. The molecule has 132 valence electrons. The van der Waals surface area contributed by atoms with Crippen molar-refractivity contribution in [3.05, 3.63) is 0 Å². The molecule has 0 spiro atoms. The maximum absolute atomic E-state index is 2.59. The summed E-state index contributed by atoms with van der Waals surface area (Å²) in [5.41, 5.74) is 0. The van der Waals surface area contributed by atoms with Gasteiger partial charge in [-0.25, -0.2) is 0 Å². The first-order valence-corrected chi connectivity index (χ1v) is 10.6. The minimum atomic E-state index is 0.899. The highest BCUT2D eigenvalue weighted by Gasteiger charge is 2.27. The predicted molar refractivity (Wildman–Crippen MR) is 101 cm³/mol. The molecule has 0 bridgehead atoms. The van der Waals surface area contributed by atoms with Gasteiger partial charge >= 0.3 is 0 Å². The lowest BCUT2D eigenvalue weighted by molar-refractivity contribution is 0.472. The van der Waals surface area contributed by atoms with Crippen molar-refractivity contribution in [1.29, 1.82) is 0 Å². The number of rotatable bonds is 17. The molecule has 1 rings (SSSR count). The second-order valence-corrected chi connectivity index (χ2v) is 7.65. The van der Waals surface area contributed by atoms with Crippen molar-refractivity contribution >= 4 is 0 Å². The fraction of sp³-hybridized carbons (Fsp3) is 1.00. The van der Waals surface area contributed by atoms with Crippen molar-refractivity contribution in [3.63, 3.8) is 0 Å². The van der Waals surface area contributed by atoms with E-state index >= 15 is 0 Å². The van der Waals surface area contributed by atoms with Gasteiger partial charge in [-0.2, -0.15) is 0 Å². The van der Waals surface area contributed by atoms with E-state index in [9.17, 15) is 0 Å². The smallest absolute Gasteiger partial charge is 0.0195 e. The van der Waals surface area contributed by atoms with E-state index in [1.807, 2.05) is 0 Å². The zero-order valence-electron chi connectivity index (χ0n) is 15.8. The number of unbranched alkanes of at least 4 members (excludes halogenated alkanes) is 15.